The van der Waals surface area contributed by atoms with E-state index in [1.54, 1.807) is 11.0 Å². The highest BCUT2D eigenvalue weighted by atomic mass is 19.4. The number of carbonyl (C=O) groups is 2. The van der Waals surface area contributed by atoms with Crippen LogP contribution in [-0.4, -0.2) is 65.3 Å². The van der Waals surface area contributed by atoms with Gasteiger partial charge in [-0.05, 0) is 23.6 Å². The van der Waals surface area contributed by atoms with Gasteiger partial charge in [-0.15, -0.1) is 0 Å². The minimum atomic E-state index is -4.44. The molecule has 2 aliphatic rings. The van der Waals surface area contributed by atoms with Crippen LogP contribution in [0, 0.1) is 23.2 Å². The first-order chi connectivity index (χ1) is 14.6. The van der Waals surface area contributed by atoms with Gasteiger partial charge in [-0.3, -0.25) is 14.5 Å². The lowest BCUT2D eigenvalue weighted by molar-refractivity contribution is -0.138. The van der Waals surface area contributed by atoms with Gasteiger partial charge in [0.2, 0.25) is 11.8 Å². The van der Waals surface area contributed by atoms with Crippen LogP contribution in [0.5, 0.6) is 0 Å². The summed E-state index contributed by atoms with van der Waals surface area (Å²) in [6, 6.07) is 7.05. The summed E-state index contributed by atoms with van der Waals surface area (Å²) in [4.78, 5) is 30.6. The number of halogens is 3. The second-order valence-electron chi connectivity index (χ2n) is 8.55. The number of benzene rings is 1. The average molecular weight is 436 g/mol. The zero-order chi connectivity index (χ0) is 22.8. The first kappa shape index (κ1) is 23.1. The van der Waals surface area contributed by atoms with E-state index in [2.05, 4.69) is 11.0 Å². The summed E-state index contributed by atoms with van der Waals surface area (Å²) in [5.74, 6) is -0.609. The lowest BCUT2D eigenvalue weighted by atomic mass is 10.0. The molecule has 2 heterocycles. The van der Waals surface area contributed by atoms with Crippen LogP contribution < -0.4 is 0 Å². The van der Waals surface area contributed by atoms with Gasteiger partial charge in [-0.1, -0.05) is 26.0 Å². The Balaban J connectivity index is 1.57. The van der Waals surface area contributed by atoms with Gasteiger partial charge in [0.25, 0.3) is 0 Å². The van der Waals surface area contributed by atoms with E-state index in [1.807, 2.05) is 13.8 Å². The number of carbonyl (C=O) groups excluding carboxylic acids is 2. The van der Waals surface area contributed by atoms with E-state index in [4.69, 9.17) is 0 Å². The maximum atomic E-state index is 12.9. The second-order valence-corrected chi connectivity index (χ2v) is 8.55. The first-order valence-corrected chi connectivity index (χ1v) is 10.5. The number of amides is 2. The van der Waals surface area contributed by atoms with Gasteiger partial charge in [0.1, 0.15) is 6.04 Å². The van der Waals surface area contributed by atoms with Crippen molar-refractivity contribution in [3.05, 3.63) is 35.4 Å². The summed E-state index contributed by atoms with van der Waals surface area (Å²) in [5, 5.41) is 9.36. The molecule has 0 spiro atoms. The van der Waals surface area contributed by atoms with Crippen molar-refractivity contribution < 1.29 is 22.8 Å². The highest BCUT2D eigenvalue weighted by Crippen LogP contribution is 2.30. The molecule has 3 rings (SSSR count). The molecule has 0 radical (unpaired) electrons. The molecule has 6 nitrogen and oxygen atoms in total. The fourth-order valence-electron chi connectivity index (χ4n) is 4.29. The molecule has 0 saturated carbocycles. The normalized spacial score (nSPS) is 21.5. The Morgan fingerprint density at radius 2 is 1.90 bits per heavy atom. The van der Waals surface area contributed by atoms with Crippen LogP contribution >= 0.6 is 0 Å². The van der Waals surface area contributed by atoms with Crippen LogP contribution in [-0.2, 0) is 22.3 Å². The Labute approximate surface area is 180 Å². The molecule has 31 heavy (non-hydrogen) atoms. The molecule has 9 heteroatoms. The number of rotatable bonds is 5. The highest BCUT2D eigenvalue weighted by Gasteiger charge is 2.38. The molecular weight excluding hydrogens is 409 g/mol. The van der Waals surface area contributed by atoms with E-state index in [1.165, 1.54) is 11.0 Å². The number of nitriles is 1. The fraction of sp³-hybridized carbons (Fsp3) is 0.591. The van der Waals surface area contributed by atoms with Crippen molar-refractivity contribution in [2.75, 3.05) is 32.7 Å². The Kier molecular flexibility index (Phi) is 6.90. The van der Waals surface area contributed by atoms with Crippen molar-refractivity contribution in [2.45, 2.75) is 39.0 Å². The van der Waals surface area contributed by atoms with Gasteiger partial charge in [-0.2, -0.15) is 18.4 Å². The van der Waals surface area contributed by atoms with Crippen LogP contribution in [0.25, 0.3) is 0 Å². The number of hydrogen-bond acceptors (Lipinski definition) is 4. The van der Waals surface area contributed by atoms with E-state index in [-0.39, 0.29) is 43.3 Å². The Bertz CT molecular complexity index is 857. The minimum Gasteiger partial charge on any atom is -0.340 e. The number of alkyl halides is 3. The molecule has 2 saturated heterocycles. The third-order valence-electron chi connectivity index (χ3n) is 5.97. The largest absolute Gasteiger partial charge is 0.416 e. The van der Waals surface area contributed by atoms with Gasteiger partial charge in [0, 0.05) is 45.7 Å². The molecule has 0 N–H and O–H groups in total. The predicted octanol–water partition coefficient (Wildman–Crippen LogP) is 2.75. The molecular formula is C22H27F3N4O2. The van der Waals surface area contributed by atoms with E-state index >= 15 is 0 Å². The van der Waals surface area contributed by atoms with Crippen LogP contribution in [0.15, 0.2) is 24.3 Å². The minimum absolute atomic E-state index is 0.0541. The quantitative estimate of drug-likeness (QED) is 0.712. The topological polar surface area (TPSA) is 67.6 Å². The third-order valence-corrected chi connectivity index (χ3v) is 5.97. The summed E-state index contributed by atoms with van der Waals surface area (Å²) in [5.41, 5.74) is -0.361. The summed E-state index contributed by atoms with van der Waals surface area (Å²) in [7, 11) is 0. The van der Waals surface area contributed by atoms with Crippen molar-refractivity contribution in [2.24, 2.45) is 11.8 Å². The van der Waals surface area contributed by atoms with Gasteiger partial charge < -0.3 is 9.80 Å². The third kappa shape index (κ3) is 5.37. The first-order valence-electron chi connectivity index (χ1n) is 10.5. The Hall–Kier alpha value is -2.60. The van der Waals surface area contributed by atoms with Crippen LogP contribution in [0.1, 0.15) is 31.4 Å². The molecule has 2 unspecified atom stereocenters. The second kappa shape index (κ2) is 9.27. The highest BCUT2D eigenvalue weighted by molar-refractivity contribution is 5.89. The molecule has 2 amide bonds. The molecule has 0 aromatic heterocycles. The smallest absolute Gasteiger partial charge is 0.340 e. The van der Waals surface area contributed by atoms with Gasteiger partial charge in [0.15, 0.2) is 0 Å². The number of likely N-dealkylation sites (tertiary alicyclic amines) is 1. The van der Waals surface area contributed by atoms with E-state index < -0.39 is 17.7 Å². The monoisotopic (exact) mass is 436 g/mol. The SMILES string of the molecule is CC(C)C(C#N)N1CCN(C(=O)C2CC(=O)N(Cc3cccc(C(F)(F)F)c3)C2)CC1. The Morgan fingerprint density at radius 1 is 1.23 bits per heavy atom. The fourth-order valence-corrected chi connectivity index (χ4v) is 4.29. The van der Waals surface area contributed by atoms with Crippen molar-refractivity contribution in [3.63, 3.8) is 0 Å². The summed E-state index contributed by atoms with van der Waals surface area (Å²) in [6.07, 6.45) is -4.36. The average Bonchev–Trinajstić information content (AvgIpc) is 3.08. The Morgan fingerprint density at radius 3 is 2.48 bits per heavy atom. The molecule has 168 valence electrons. The number of nitrogens with zero attached hydrogens (tertiary/aromatic N) is 4. The zero-order valence-corrected chi connectivity index (χ0v) is 17.7. The van der Waals surface area contributed by atoms with Gasteiger partial charge >= 0.3 is 6.18 Å². The summed E-state index contributed by atoms with van der Waals surface area (Å²) >= 11 is 0. The van der Waals surface area contributed by atoms with Gasteiger partial charge in [-0.25, -0.2) is 0 Å². The molecule has 1 aromatic rings. The number of piperazine rings is 1. The molecule has 2 atom stereocenters. The van der Waals surface area contributed by atoms with Crippen LogP contribution in [0.3, 0.4) is 0 Å². The van der Waals surface area contributed by atoms with Crippen molar-refractivity contribution in [3.8, 4) is 6.07 Å². The maximum Gasteiger partial charge on any atom is 0.416 e. The summed E-state index contributed by atoms with van der Waals surface area (Å²) < 4.78 is 38.8. The molecule has 2 fully saturated rings. The van der Waals surface area contributed by atoms with Crippen molar-refractivity contribution in [1.29, 1.82) is 5.26 Å². The molecule has 2 aliphatic heterocycles. The van der Waals surface area contributed by atoms with Crippen molar-refractivity contribution in [1.82, 2.24) is 14.7 Å². The van der Waals surface area contributed by atoms with Crippen LogP contribution in [0.2, 0.25) is 0 Å². The lowest BCUT2D eigenvalue weighted by Crippen LogP contribution is -2.54. The van der Waals surface area contributed by atoms with E-state index in [9.17, 15) is 28.0 Å². The molecule has 0 aliphatic carbocycles. The number of hydrogen-bond donors (Lipinski definition) is 0. The zero-order valence-electron chi connectivity index (χ0n) is 17.7. The van der Waals surface area contributed by atoms with Gasteiger partial charge in [0.05, 0.1) is 17.6 Å². The van der Waals surface area contributed by atoms with Crippen molar-refractivity contribution >= 4 is 11.8 Å². The van der Waals surface area contributed by atoms with E-state index in [0.29, 0.717) is 31.7 Å². The molecule has 1 aromatic carbocycles. The van der Waals surface area contributed by atoms with E-state index in [0.717, 1.165) is 12.1 Å². The summed E-state index contributed by atoms with van der Waals surface area (Å²) in [6.45, 7) is 6.47. The molecule has 0 bridgehead atoms. The maximum absolute atomic E-state index is 12.9. The van der Waals surface area contributed by atoms with Crippen LogP contribution in [0.4, 0.5) is 13.2 Å². The standard InChI is InChI=1S/C22H27F3N4O2/c1-15(2)19(12-26)27-6-8-28(9-7-27)21(31)17-11-20(30)29(14-17)13-16-4-3-5-18(10-16)22(23,24)25/h3-5,10,15,17,19H,6-9,11,13-14H2,1-2H3. The predicted molar refractivity (Wildman–Crippen MR) is 107 cm³/mol. The lowest BCUT2D eigenvalue weighted by Gasteiger charge is -2.38.